The topological polar surface area (TPSA) is 60.2 Å². The van der Waals surface area contributed by atoms with Crippen LogP contribution in [0.15, 0.2) is 30.3 Å². The van der Waals surface area contributed by atoms with Gasteiger partial charge in [-0.25, -0.2) is 0 Å². The average Bonchev–Trinajstić information content (AvgIpc) is 2.26. The number of ketones is 1. The molecule has 1 aromatic carbocycles. The number of allylic oxidation sites excluding steroid dienone is 1. The van der Waals surface area contributed by atoms with E-state index in [4.69, 9.17) is 11.6 Å². The number of benzene rings is 1. The van der Waals surface area contributed by atoms with Crippen LogP contribution in [0.2, 0.25) is 0 Å². The van der Waals surface area contributed by atoms with Crippen LogP contribution in [0.1, 0.15) is 5.56 Å². The third kappa shape index (κ3) is 3.52. The molecule has 1 rings (SSSR count). The fourth-order valence-electron chi connectivity index (χ4n) is 0.976. The summed E-state index contributed by atoms with van der Waals surface area (Å²) >= 11 is 5.29. The average molecular weight is 226 g/mol. The van der Waals surface area contributed by atoms with Crippen LogP contribution in [0.4, 0.5) is 5.69 Å². The Bertz CT molecular complexity index is 415. The van der Waals surface area contributed by atoms with Gasteiger partial charge in [0, 0.05) is 12.1 Å². The van der Waals surface area contributed by atoms with Crippen LogP contribution >= 0.6 is 11.6 Å². The highest BCUT2D eigenvalue weighted by Gasteiger charge is 2.03. The van der Waals surface area contributed by atoms with Gasteiger partial charge in [0.2, 0.25) is 0 Å². The highest BCUT2D eigenvalue weighted by Crippen LogP contribution is 2.13. The predicted molar refractivity (Wildman–Crippen MR) is 57.9 cm³/mol. The predicted octanol–water partition coefficient (Wildman–Crippen LogP) is 2.42. The molecule has 1 aromatic rings. The molecular weight excluding hydrogens is 218 g/mol. The molecule has 0 N–H and O–H groups in total. The van der Waals surface area contributed by atoms with Crippen LogP contribution in [0.5, 0.6) is 0 Å². The molecule has 0 fully saturated rings. The number of nitro groups is 1. The molecular formula is C10H8ClNO3. The number of nitrogens with zero attached hydrogens (tertiary/aromatic N) is 1. The maximum atomic E-state index is 10.9. The number of non-ortho nitro benzene ring substituents is 1. The first kappa shape index (κ1) is 11.4. The number of rotatable bonds is 4. The zero-order valence-corrected chi connectivity index (χ0v) is 8.48. The van der Waals surface area contributed by atoms with Crippen molar-refractivity contribution < 1.29 is 9.72 Å². The molecule has 0 bridgehead atoms. The van der Waals surface area contributed by atoms with Crippen LogP contribution < -0.4 is 0 Å². The minimum absolute atomic E-state index is 0.00419. The van der Waals surface area contributed by atoms with Gasteiger partial charge in [0.15, 0.2) is 5.78 Å². The molecule has 0 aliphatic rings. The Balaban J connectivity index is 2.87. The molecule has 0 radical (unpaired) electrons. The maximum Gasteiger partial charge on any atom is 0.270 e. The quantitative estimate of drug-likeness (QED) is 0.342. The summed E-state index contributed by atoms with van der Waals surface area (Å²) in [6.07, 6.45) is 2.80. The van der Waals surface area contributed by atoms with Crippen molar-refractivity contribution in [1.29, 1.82) is 0 Å². The Morgan fingerprint density at radius 3 is 2.87 bits per heavy atom. The summed E-state index contributed by atoms with van der Waals surface area (Å²) in [5, 5.41) is 10.4. The summed E-state index contributed by atoms with van der Waals surface area (Å²) in [5.41, 5.74) is 0.595. The third-order valence-electron chi connectivity index (χ3n) is 1.67. The van der Waals surface area contributed by atoms with E-state index in [-0.39, 0.29) is 17.4 Å². The molecule has 0 amide bonds. The molecule has 0 saturated carbocycles. The maximum absolute atomic E-state index is 10.9. The Morgan fingerprint density at radius 2 is 2.27 bits per heavy atom. The van der Waals surface area contributed by atoms with Crippen molar-refractivity contribution in [3.63, 3.8) is 0 Å². The Hall–Kier alpha value is -1.68. The molecule has 0 heterocycles. The van der Waals surface area contributed by atoms with Gasteiger partial charge in [0.1, 0.15) is 0 Å². The lowest BCUT2D eigenvalue weighted by Gasteiger charge is -1.93. The van der Waals surface area contributed by atoms with Gasteiger partial charge in [-0.1, -0.05) is 18.2 Å². The van der Waals surface area contributed by atoms with Crippen molar-refractivity contribution in [3.05, 3.63) is 46.0 Å². The standard InChI is InChI=1S/C10H8ClNO3/c11-7-10(13)5-4-8-2-1-3-9(6-8)12(14)15/h1-6H,7H2/b5-4-. The largest absolute Gasteiger partial charge is 0.294 e. The molecule has 5 heteroatoms. The number of carbonyl (C=O) groups is 1. The van der Waals surface area contributed by atoms with Gasteiger partial charge in [-0.2, -0.15) is 0 Å². The lowest BCUT2D eigenvalue weighted by Crippen LogP contribution is -1.92. The summed E-state index contributed by atoms with van der Waals surface area (Å²) < 4.78 is 0. The van der Waals surface area contributed by atoms with E-state index in [1.807, 2.05) is 0 Å². The van der Waals surface area contributed by atoms with Crippen molar-refractivity contribution in [2.45, 2.75) is 0 Å². The molecule has 78 valence electrons. The van der Waals surface area contributed by atoms with Crippen LogP contribution in [-0.2, 0) is 4.79 Å². The minimum atomic E-state index is -0.485. The Morgan fingerprint density at radius 1 is 1.53 bits per heavy atom. The summed E-state index contributed by atoms with van der Waals surface area (Å²) in [5.74, 6) is -0.325. The molecule has 0 spiro atoms. The summed E-state index contributed by atoms with van der Waals surface area (Å²) in [7, 11) is 0. The Labute approximate surface area is 91.3 Å². The molecule has 0 aromatic heterocycles. The first-order valence-electron chi connectivity index (χ1n) is 4.15. The molecule has 0 atom stereocenters. The van der Waals surface area contributed by atoms with Crippen LogP contribution in [0, 0.1) is 10.1 Å². The Kier molecular flexibility index (Phi) is 4.00. The fraction of sp³-hybridized carbons (Fsp3) is 0.100. The van der Waals surface area contributed by atoms with Gasteiger partial charge >= 0.3 is 0 Å². The van der Waals surface area contributed by atoms with Crippen molar-refractivity contribution in [1.82, 2.24) is 0 Å². The second-order valence-corrected chi connectivity index (χ2v) is 3.05. The number of carbonyl (C=O) groups excluding carboxylic acids is 1. The lowest BCUT2D eigenvalue weighted by molar-refractivity contribution is -0.384. The SMILES string of the molecule is O=C(/C=C\c1cccc([N+](=O)[O-])c1)CCl. The number of hydrogen-bond donors (Lipinski definition) is 0. The molecule has 0 aliphatic carbocycles. The molecule has 15 heavy (non-hydrogen) atoms. The first-order valence-corrected chi connectivity index (χ1v) is 4.68. The lowest BCUT2D eigenvalue weighted by atomic mass is 10.2. The normalized spacial score (nSPS) is 10.5. The van der Waals surface area contributed by atoms with Crippen molar-refractivity contribution in [2.24, 2.45) is 0 Å². The second kappa shape index (κ2) is 5.26. The highest BCUT2D eigenvalue weighted by atomic mass is 35.5. The monoisotopic (exact) mass is 225 g/mol. The van der Waals surface area contributed by atoms with Crippen molar-refractivity contribution in [2.75, 3.05) is 5.88 Å². The third-order valence-corrected chi connectivity index (χ3v) is 1.94. The zero-order valence-electron chi connectivity index (χ0n) is 7.72. The number of halogens is 1. The van der Waals surface area contributed by atoms with Gasteiger partial charge in [-0.3, -0.25) is 14.9 Å². The van der Waals surface area contributed by atoms with Crippen LogP contribution in [0.25, 0.3) is 6.08 Å². The highest BCUT2D eigenvalue weighted by molar-refractivity contribution is 6.29. The summed E-state index contributed by atoms with van der Waals surface area (Å²) in [6.45, 7) is 0. The number of nitro benzene ring substituents is 1. The summed E-state index contributed by atoms with van der Waals surface area (Å²) in [6, 6.07) is 6.01. The van der Waals surface area contributed by atoms with Gasteiger partial charge in [0.05, 0.1) is 10.8 Å². The molecule has 0 aliphatic heterocycles. The zero-order chi connectivity index (χ0) is 11.3. The molecule has 0 saturated heterocycles. The van der Waals surface area contributed by atoms with Gasteiger partial charge < -0.3 is 0 Å². The van der Waals surface area contributed by atoms with Gasteiger partial charge in [-0.05, 0) is 11.6 Å². The van der Waals surface area contributed by atoms with E-state index >= 15 is 0 Å². The molecule has 0 unspecified atom stereocenters. The number of hydrogen-bond acceptors (Lipinski definition) is 3. The van der Waals surface area contributed by atoms with Gasteiger partial charge in [0.25, 0.3) is 5.69 Å². The van der Waals surface area contributed by atoms with Crippen molar-refractivity contribution >= 4 is 29.1 Å². The van der Waals surface area contributed by atoms with Gasteiger partial charge in [-0.15, -0.1) is 11.6 Å². The van der Waals surface area contributed by atoms with E-state index in [0.29, 0.717) is 5.56 Å². The van der Waals surface area contributed by atoms with E-state index in [2.05, 4.69) is 0 Å². The second-order valence-electron chi connectivity index (χ2n) is 2.79. The van der Waals surface area contributed by atoms with E-state index in [0.717, 1.165) is 0 Å². The van der Waals surface area contributed by atoms with Crippen LogP contribution in [-0.4, -0.2) is 16.6 Å². The fourth-order valence-corrected chi connectivity index (χ4v) is 1.06. The summed E-state index contributed by atoms with van der Waals surface area (Å²) in [4.78, 5) is 20.8. The van der Waals surface area contributed by atoms with E-state index in [1.54, 1.807) is 12.1 Å². The van der Waals surface area contributed by atoms with Crippen molar-refractivity contribution in [3.8, 4) is 0 Å². The minimum Gasteiger partial charge on any atom is -0.294 e. The van der Waals surface area contributed by atoms with E-state index in [9.17, 15) is 14.9 Å². The van der Waals surface area contributed by atoms with E-state index < -0.39 is 4.92 Å². The number of alkyl halides is 1. The van der Waals surface area contributed by atoms with Crippen LogP contribution in [0.3, 0.4) is 0 Å². The first-order chi connectivity index (χ1) is 7.13. The molecule has 4 nitrogen and oxygen atoms in total. The van der Waals surface area contributed by atoms with E-state index in [1.165, 1.54) is 24.3 Å². The smallest absolute Gasteiger partial charge is 0.270 e.